The molecule has 0 spiro atoms. The lowest BCUT2D eigenvalue weighted by atomic mass is 9.94. The Balaban J connectivity index is 1.39. The minimum absolute atomic E-state index is 0.0762. The van der Waals surface area contributed by atoms with Crippen LogP contribution in [0.3, 0.4) is 0 Å². The number of likely N-dealkylation sites (tertiary alicyclic amines) is 1. The van der Waals surface area contributed by atoms with E-state index in [1.165, 1.54) is 4.52 Å². The molecule has 2 fully saturated rings. The molecule has 1 atom stereocenters. The summed E-state index contributed by atoms with van der Waals surface area (Å²) in [4.78, 5) is 31.7. The second-order valence-electron chi connectivity index (χ2n) is 8.01. The number of H-pyrrole nitrogens is 1. The zero-order valence-corrected chi connectivity index (χ0v) is 16.1. The first kappa shape index (κ1) is 17.2. The van der Waals surface area contributed by atoms with Crippen LogP contribution in [0.2, 0.25) is 0 Å². The van der Waals surface area contributed by atoms with Gasteiger partial charge in [0.05, 0.1) is 0 Å². The van der Waals surface area contributed by atoms with E-state index < -0.39 is 0 Å². The van der Waals surface area contributed by atoms with Gasteiger partial charge in [-0.05, 0) is 39.5 Å². The number of aromatic nitrogens is 4. The van der Waals surface area contributed by atoms with Gasteiger partial charge in [-0.2, -0.15) is 0 Å². The van der Waals surface area contributed by atoms with E-state index in [0.29, 0.717) is 35.9 Å². The van der Waals surface area contributed by atoms with Crippen LogP contribution in [0.25, 0.3) is 5.65 Å². The number of aromatic amines is 1. The predicted octanol–water partition coefficient (Wildman–Crippen LogP) is 2.52. The highest BCUT2D eigenvalue weighted by atomic mass is 16.5. The third kappa shape index (κ3) is 2.83. The highest BCUT2D eigenvalue weighted by Crippen LogP contribution is 2.40. The fourth-order valence-electron chi connectivity index (χ4n) is 3.97. The Labute approximate surface area is 161 Å². The van der Waals surface area contributed by atoms with Crippen molar-refractivity contribution >= 4 is 11.6 Å². The van der Waals surface area contributed by atoms with Crippen LogP contribution in [0.1, 0.15) is 70.7 Å². The monoisotopic (exact) mass is 381 g/mol. The smallest absolute Gasteiger partial charge is 0.276 e. The summed E-state index contributed by atoms with van der Waals surface area (Å²) < 4.78 is 6.84. The summed E-state index contributed by atoms with van der Waals surface area (Å²) in [6.07, 6.45) is 4.08. The molecule has 0 aromatic carbocycles. The molecule has 4 heterocycles. The second-order valence-corrected chi connectivity index (χ2v) is 8.01. The number of hydrogen-bond acceptors (Lipinski definition) is 5. The van der Waals surface area contributed by atoms with Crippen molar-refractivity contribution in [1.29, 1.82) is 0 Å². The van der Waals surface area contributed by atoms with E-state index in [2.05, 4.69) is 15.2 Å². The molecule has 0 unspecified atom stereocenters. The molecule has 5 rings (SSSR count). The lowest BCUT2D eigenvalue weighted by Crippen LogP contribution is -2.39. The average molecular weight is 381 g/mol. The lowest BCUT2D eigenvalue weighted by molar-refractivity contribution is 0.0695. The largest absolute Gasteiger partial charge is 0.360 e. The van der Waals surface area contributed by atoms with Gasteiger partial charge < -0.3 is 9.42 Å². The van der Waals surface area contributed by atoms with E-state index in [0.717, 1.165) is 42.8 Å². The number of fused-ring (bicyclic) bond motifs is 1. The third-order valence-electron chi connectivity index (χ3n) is 5.98. The lowest BCUT2D eigenvalue weighted by Gasteiger charge is -2.31. The number of piperidine rings is 1. The van der Waals surface area contributed by atoms with Crippen molar-refractivity contribution in [2.24, 2.45) is 0 Å². The van der Waals surface area contributed by atoms with Crippen molar-refractivity contribution < 1.29 is 9.32 Å². The number of amides is 1. The molecule has 1 amide bonds. The molecule has 1 aliphatic carbocycles. The number of carbonyl (C=O) groups is 1. The molecule has 3 aromatic rings. The van der Waals surface area contributed by atoms with Crippen molar-refractivity contribution in [1.82, 2.24) is 24.7 Å². The molecule has 1 saturated heterocycles. The molecule has 2 aliphatic rings. The van der Waals surface area contributed by atoms with Gasteiger partial charge in [-0.15, -0.1) is 0 Å². The first-order valence-electron chi connectivity index (χ1n) is 9.86. The van der Waals surface area contributed by atoms with Crippen LogP contribution >= 0.6 is 0 Å². The Bertz CT molecular complexity index is 1120. The van der Waals surface area contributed by atoms with Crippen molar-refractivity contribution in [2.75, 3.05) is 13.1 Å². The average Bonchev–Trinajstić information content (AvgIpc) is 3.28. The summed E-state index contributed by atoms with van der Waals surface area (Å²) in [5.41, 5.74) is 3.26. The number of aryl methyl sites for hydroxylation is 1. The fourth-order valence-corrected chi connectivity index (χ4v) is 3.97. The third-order valence-corrected chi connectivity index (χ3v) is 5.98. The molecular formula is C20H23N5O3. The molecule has 1 N–H and O–H groups in total. The van der Waals surface area contributed by atoms with E-state index in [1.807, 2.05) is 17.9 Å². The maximum absolute atomic E-state index is 12.9. The van der Waals surface area contributed by atoms with Crippen LogP contribution in [0.15, 0.2) is 21.5 Å². The Kier molecular flexibility index (Phi) is 3.89. The number of nitrogens with one attached hydrogen (secondary N) is 1. The van der Waals surface area contributed by atoms with Crippen LogP contribution < -0.4 is 5.56 Å². The molecule has 0 bridgehead atoms. The van der Waals surface area contributed by atoms with Gasteiger partial charge in [-0.25, -0.2) is 9.50 Å². The summed E-state index contributed by atoms with van der Waals surface area (Å²) in [7, 11) is 0. The summed E-state index contributed by atoms with van der Waals surface area (Å²) in [5, 5.41) is 7.18. The van der Waals surface area contributed by atoms with Crippen molar-refractivity contribution in [3.05, 3.63) is 50.9 Å². The summed E-state index contributed by atoms with van der Waals surface area (Å²) >= 11 is 0. The Morgan fingerprint density at radius 3 is 2.82 bits per heavy atom. The number of nitrogens with zero attached hydrogens (tertiary/aromatic N) is 4. The number of hydrogen-bond donors (Lipinski definition) is 1. The molecule has 3 aromatic heterocycles. The van der Waals surface area contributed by atoms with E-state index in [-0.39, 0.29) is 17.4 Å². The molecule has 8 nitrogen and oxygen atoms in total. The minimum Gasteiger partial charge on any atom is -0.360 e. The molecule has 1 saturated carbocycles. The van der Waals surface area contributed by atoms with Gasteiger partial charge >= 0.3 is 0 Å². The van der Waals surface area contributed by atoms with Gasteiger partial charge in [-0.3, -0.25) is 14.7 Å². The van der Waals surface area contributed by atoms with Crippen LogP contribution in [0.5, 0.6) is 0 Å². The molecule has 28 heavy (non-hydrogen) atoms. The maximum atomic E-state index is 12.9. The summed E-state index contributed by atoms with van der Waals surface area (Å²) in [6.45, 7) is 4.92. The van der Waals surface area contributed by atoms with Gasteiger partial charge in [-0.1, -0.05) is 5.16 Å². The molecule has 0 radical (unpaired) electrons. The van der Waals surface area contributed by atoms with Gasteiger partial charge in [0.25, 0.3) is 11.5 Å². The van der Waals surface area contributed by atoms with E-state index in [1.54, 1.807) is 13.0 Å². The van der Waals surface area contributed by atoms with Gasteiger partial charge in [0.15, 0.2) is 11.3 Å². The fraction of sp³-hybridized carbons (Fsp3) is 0.500. The normalized spacial score (nSPS) is 20.1. The Morgan fingerprint density at radius 2 is 2.04 bits per heavy atom. The van der Waals surface area contributed by atoms with Gasteiger partial charge in [0, 0.05) is 54.0 Å². The maximum Gasteiger partial charge on any atom is 0.276 e. The minimum atomic E-state index is -0.0848. The first-order valence-corrected chi connectivity index (χ1v) is 9.86. The molecular weight excluding hydrogens is 358 g/mol. The number of rotatable bonds is 3. The van der Waals surface area contributed by atoms with Gasteiger partial charge in [0.2, 0.25) is 0 Å². The highest BCUT2D eigenvalue weighted by molar-refractivity contribution is 5.92. The number of carbonyl (C=O) groups excluding carboxylic acids is 1. The molecule has 8 heteroatoms. The standard InChI is InChI=1S/C20H23N5O3/c1-11-12(2)21-18-9-15(22-25(18)19(11)26)14-4-3-7-24(10-14)20(27)16-8-17(28-23-16)13-5-6-13/h8-9,13-14,22H,3-7,10H2,1-2H3/t14-/m1/s1. The topological polar surface area (TPSA) is 96.5 Å². The van der Waals surface area contributed by atoms with Crippen LogP contribution in [0.4, 0.5) is 0 Å². The summed E-state index contributed by atoms with van der Waals surface area (Å²) in [5.74, 6) is 1.31. The Hall–Kier alpha value is -2.90. The van der Waals surface area contributed by atoms with E-state index in [4.69, 9.17) is 4.52 Å². The SMILES string of the molecule is Cc1nc2cc([C@@H]3CCCN(C(=O)c4cc(C5CC5)on4)C3)[nH]n2c(=O)c1C. The van der Waals surface area contributed by atoms with E-state index in [9.17, 15) is 9.59 Å². The highest BCUT2D eigenvalue weighted by Gasteiger charge is 2.32. The zero-order valence-electron chi connectivity index (χ0n) is 16.1. The van der Waals surface area contributed by atoms with Gasteiger partial charge in [0.1, 0.15) is 5.76 Å². The van der Waals surface area contributed by atoms with Crippen molar-refractivity contribution in [2.45, 2.75) is 51.4 Å². The zero-order chi connectivity index (χ0) is 19.4. The van der Waals surface area contributed by atoms with Crippen LogP contribution in [0, 0.1) is 13.8 Å². The predicted molar refractivity (Wildman–Crippen MR) is 102 cm³/mol. The van der Waals surface area contributed by atoms with Crippen LogP contribution in [-0.4, -0.2) is 43.7 Å². The summed E-state index contributed by atoms with van der Waals surface area (Å²) in [6, 6.07) is 3.72. The van der Waals surface area contributed by atoms with Crippen molar-refractivity contribution in [3.8, 4) is 0 Å². The second kappa shape index (κ2) is 6.32. The molecule has 1 aliphatic heterocycles. The van der Waals surface area contributed by atoms with Crippen molar-refractivity contribution in [3.63, 3.8) is 0 Å². The quantitative estimate of drug-likeness (QED) is 0.752. The van der Waals surface area contributed by atoms with Crippen LogP contribution in [-0.2, 0) is 0 Å². The Morgan fingerprint density at radius 1 is 1.21 bits per heavy atom. The molecule has 146 valence electrons. The first-order chi connectivity index (χ1) is 13.5. The van der Waals surface area contributed by atoms with E-state index >= 15 is 0 Å².